The normalized spacial score (nSPS) is 9.54. The third-order valence-electron chi connectivity index (χ3n) is 1.70. The topological polar surface area (TPSA) is 28.7 Å². The number of aryl methyl sites for hydroxylation is 1. The van der Waals surface area contributed by atoms with Gasteiger partial charge in [-0.15, -0.1) is 0 Å². The van der Waals surface area contributed by atoms with Gasteiger partial charge < -0.3 is 4.98 Å². The molecule has 0 saturated heterocycles. The van der Waals surface area contributed by atoms with Crippen LogP contribution >= 0.6 is 15.9 Å². The Morgan fingerprint density at radius 3 is 2.77 bits per heavy atom. The summed E-state index contributed by atoms with van der Waals surface area (Å²) in [7, 11) is 0. The van der Waals surface area contributed by atoms with Gasteiger partial charge in [-0.2, -0.15) is 0 Å². The predicted octanol–water partition coefficient (Wildman–Crippen LogP) is 3.66. The molecule has 0 aromatic carbocycles. The molecule has 0 bridgehead atoms. The molecule has 2 aromatic heterocycles. The van der Waals surface area contributed by atoms with E-state index in [-0.39, 0.29) is 0 Å². The zero-order valence-corrected chi connectivity index (χ0v) is 9.64. The third kappa shape index (κ3) is 2.10. The van der Waals surface area contributed by atoms with Crippen LogP contribution in [0.15, 0.2) is 22.9 Å². The minimum atomic E-state index is 0.950. The minimum Gasteiger partial charge on any atom is -0.346 e. The predicted molar refractivity (Wildman–Crippen MR) is 59.9 cm³/mol. The molecule has 0 atom stereocenters. The lowest BCUT2D eigenvalue weighted by atomic mass is 10.2. The molecule has 2 rings (SSSR count). The average molecular weight is 241 g/mol. The molecule has 13 heavy (non-hydrogen) atoms. The number of pyridine rings is 1. The summed E-state index contributed by atoms with van der Waals surface area (Å²) in [6, 6.07) is 2.06. The maximum absolute atomic E-state index is 4.20. The first-order valence-electron chi connectivity index (χ1n) is 4.36. The van der Waals surface area contributed by atoms with E-state index >= 15 is 0 Å². The van der Waals surface area contributed by atoms with Gasteiger partial charge in [-0.3, -0.25) is 0 Å². The Morgan fingerprint density at radius 2 is 2.08 bits per heavy atom. The van der Waals surface area contributed by atoms with Crippen molar-refractivity contribution < 1.29 is 0 Å². The Balaban J connectivity index is 0.000000396. The van der Waals surface area contributed by atoms with Crippen molar-refractivity contribution in [3.05, 3.63) is 28.5 Å². The quantitative estimate of drug-likeness (QED) is 0.749. The van der Waals surface area contributed by atoms with Gasteiger partial charge in [0, 0.05) is 22.3 Å². The minimum absolute atomic E-state index is 0.950. The number of H-pyrrole nitrogens is 1. The molecule has 0 aliphatic carbocycles. The zero-order valence-electron chi connectivity index (χ0n) is 8.06. The number of aromatic amines is 1. The van der Waals surface area contributed by atoms with Gasteiger partial charge >= 0.3 is 0 Å². The van der Waals surface area contributed by atoms with Gasteiger partial charge in [0.1, 0.15) is 5.65 Å². The van der Waals surface area contributed by atoms with Crippen molar-refractivity contribution in [1.29, 1.82) is 0 Å². The maximum atomic E-state index is 4.20. The van der Waals surface area contributed by atoms with Crippen molar-refractivity contribution in [1.82, 2.24) is 9.97 Å². The fourth-order valence-electron chi connectivity index (χ4n) is 1.11. The van der Waals surface area contributed by atoms with Gasteiger partial charge in [-0.05, 0) is 34.5 Å². The molecule has 2 heterocycles. The standard InChI is InChI=1S/C8H7BrN2.C2H6/c1-5-3-10-8-7(5)2-6(9)4-11-8;1-2/h2-4H,1H3,(H,10,11);1-2H3. The zero-order chi connectivity index (χ0) is 9.84. The summed E-state index contributed by atoms with van der Waals surface area (Å²) in [5.74, 6) is 0. The van der Waals surface area contributed by atoms with Crippen molar-refractivity contribution in [2.75, 3.05) is 0 Å². The van der Waals surface area contributed by atoms with E-state index in [9.17, 15) is 0 Å². The molecular weight excluding hydrogens is 228 g/mol. The first kappa shape index (κ1) is 10.3. The Kier molecular flexibility index (Phi) is 3.48. The maximum Gasteiger partial charge on any atom is 0.137 e. The van der Waals surface area contributed by atoms with Crippen molar-refractivity contribution >= 4 is 27.0 Å². The van der Waals surface area contributed by atoms with Gasteiger partial charge in [0.05, 0.1) is 0 Å². The number of hydrogen-bond donors (Lipinski definition) is 1. The van der Waals surface area contributed by atoms with Crippen LogP contribution in [0.3, 0.4) is 0 Å². The van der Waals surface area contributed by atoms with Crippen LogP contribution in [-0.2, 0) is 0 Å². The van der Waals surface area contributed by atoms with E-state index in [4.69, 9.17) is 0 Å². The van der Waals surface area contributed by atoms with Gasteiger partial charge in [0.2, 0.25) is 0 Å². The number of rotatable bonds is 0. The van der Waals surface area contributed by atoms with Crippen LogP contribution in [0, 0.1) is 6.92 Å². The molecule has 0 saturated carbocycles. The Morgan fingerprint density at radius 1 is 1.38 bits per heavy atom. The third-order valence-corrected chi connectivity index (χ3v) is 2.14. The van der Waals surface area contributed by atoms with E-state index < -0.39 is 0 Å². The van der Waals surface area contributed by atoms with Crippen molar-refractivity contribution in [3.63, 3.8) is 0 Å². The molecule has 2 nitrogen and oxygen atoms in total. The Labute approximate surface area is 86.5 Å². The monoisotopic (exact) mass is 240 g/mol. The smallest absolute Gasteiger partial charge is 0.137 e. The summed E-state index contributed by atoms with van der Waals surface area (Å²) in [5, 5.41) is 1.18. The van der Waals surface area contributed by atoms with Crippen LogP contribution in [0.25, 0.3) is 11.0 Å². The molecule has 0 amide bonds. The number of nitrogens with one attached hydrogen (secondary N) is 1. The van der Waals surface area contributed by atoms with Gasteiger partial charge in [-0.25, -0.2) is 4.98 Å². The summed E-state index contributed by atoms with van der Waals surface area (Å²) < 4.78 is 1.02. The fraction of sp³-hybridized carbons (Fsp3) is 0.300. The van der Waals surface area contributed by atoms with E-state index in [0.717, 1.165) is 10.1 Å². The highest BCUT2D eigenvalue weighted by Gasteiger charge is 1.99. The summed E-state index contributed by atoms with van der Waals surface area (Å²) >= 11 is 3.37. The first-order chi connectivity index (χ1) is 6.27. The van der Waals surface area contributed by atoms with E-state index in [2.05, 4.69) is 38.9 Å². The van der Waals surface area contributed by atoms with Crippen LogP contribution in [0.5, 0.6) is 0 Å². The van der Waals surface area contributed by atoms with E-state index in [1.54, 1.807) is 6.20 Å². The summed E-state index contributed by atoms with van der Waals surface area (Å²) in [4.78, 5) is 7.28. The summed E-state index contributed by atoms with van der Waals surface area (Å²) in [6.45, 7) is 6.06. The molecular formula is C10H13BrN2. The highest BCUT2D eigenvalue weighted by atomic mass is 79.9. The van der Waals surface area contributed by atoms with Crippen LogP contribution < -0.4 is 0 Å². The van der Waals surface area contributed by atoms with Gasteiger partial charge in [0.15, 0.2) is 0 Å². The number of hydrogen-bond acceptors (Lipinski definition) is 1. The Bertz CT molecular complexity index is 393. The number of fused-ring (bicyclic) bond motifs is 1. The average Bonchev–Trinajstić information content (AvgIpc) is 2.52. The molecule has 0 aliphatic rings. The highest BCUT2D eigenvalue weighted by Crippen LogP contribution is 2.19. The van der Waals surface area contributed by atoms with Gasteiger partial charge in [-0.1, -0.05) is 13.8 Å². The largest absolute Gasteiger partial charge is 0.346 e. The Hall–Kier alpha value is -0.830. The lowest BCUT2D eigenvalue weighted by Gasteiger charge is -1.90. The molecule has 0 unspecified atom stereocenters. The van der Waals surface area contributed by atoms with Crippen molar-refractivity contribution in [3.8, 4) is 0 Å². The first-order valence-corrected chi connectivity index (χ1v) is 5.16. The van der Waals surface area contributed by atoms with Crippen LogP contribution in [-0.4, -0.2) is 9.97 Å². The molecule has 0 radical (unpaired) electrons. The molecule has 3 heteroatoms. The number of nitrogens with zero attached hydrogens (tertiary/aromatic N) is 1. The van der Waals surface area contributed by atoms with Crippen LogP contribution in [0.1, 0.15) is 19.4 Å². The molecule has 1 N–H and O–H groups in total. The fourth-order valence-corrected chi connectivity index (χ4v) is 1.44. The SMILES string of the molecule is CC.Cc1c[nH]c2ncc(Br)cc12. The second kappa shape index (κ2) is 4.42. The van der Waals surface area contributed by atoms with Gasteiger partial charge in [0.25, 0.3) is 0 Å². The van der Waals surface area contributed by atoms with E-state index in [1.165, 1.54) is 10.9 Å². The second-order valence-electron chi connectivity index (χ2n) is 2.52. The lowest BCUT2D eigenvalue weighted by Crippen LogP contribution is -1.75. The number of halogens is 1. The van der Waals surface area contributed by atoms with Crippen LogP contribution in [0.4, 0.5) is 0 Å². The van der Waals surface area contributed by atoms with Crippen LogP contribution in [0.2, 0.25) is 0 Å². The highest BCUT2D eigenvalue weighted by molar-refractivity contribution is 9.10. The lowest BCUT2D eigenvalue weighted by molar-refractivity contribution is 1.31. The van der Waals surface area contributed by atoms with E-state index in [1.807, 2.05) is 20.0 Å². The number of aromatic nitrogens is 2. The molecule has 2 aromatic rings. The second-order valence-corrected chi connectivity index (χ2v) is 3.44. The molecule has 0 spiro atoms. The molecule has 0 fully saturated rings. The van der Waals surface area contributed by atoms with E-state index in [0.29, 0.717) is 0 Å². The summed E-state index contributed by atoms with van der Waals surface area (Å²) in [6.07, 6.45) is 3.75. The molecule has 70 valence electrons. The summed E-state index contributed by atoms with van der Waals surface area (Å²) in [5.41, 5.74) is 2.18. The molecule has 0 aliphatic heterocycles. The van der Waals surface area contributed by atoms with Crippen molar-refractivity contribution in [2.24, 2.45) is 0 Å². The van der Waals surface area contributed by atoms with Crippen molar-refractivity contribution in [2.45, 2.75) is 20.8 Å².